The maximum absolute atomic E-state index is 13.2. The van der Waals surface area contributed by atoms with Crippen molar-refractivity contribution in [2.45, 2.75) is 84.0 Å². The molecular formula is C23H38F2O. The maximum atomic E-state index is 13.2. The predicted octanol–water partition coefficient (Wildman–Crippen LogP) is 6.56. The van der Waals surface area contributed by atoms with Crippen LogP contribution in [0, 0.1) is 46.8 Å². The van der Waals surface area contributed by atoms with Crippen LogP contribution in [0.4, 0.5) is 8.78 Å². The zero-order valence-electron chi connectivity index (χ0n) is 16.8. The van der Waals surface area contributed by atoms with Crippen LogP contribution in [0.1, 0.15) is 77.6 Å². The number of fused-ring (bicyclic) bond motifs is 5. The normalized spacial score (nSPS) is 48.1. The van der Waals surface area contributed by atoms with Gasteiger partial charge in [0.05, 0.1) is 0 Å². The van der Waals surface area contributed by atoms with Crippen LogP contribution in [0.25, 0.3) is 0 Å². The third-order valence-corrected chi connectivity index (χ3v) is 9.45. The van der Waals surface area contributed by atoms with Gasteiger partial charge in [0.15, 0.2) is 0 Å². The van der Waals surface area contributed by atoms with Crippen molar-refractivity contribution < 1.29 is 13.5 Å². The van der Waals surface area contributed by atoms with Gasteiger partial charge in [0.2, 0.25) is 6.43 Å². The molecule has 4 rings (SSSR count). The standard InChI is InChI=1S/C23H38F2O/c1-23-12-11-19-18-8-6-16(22(24)25)14-15(18)5-9-20(19)21(23)10-7-17(23)4-3-13-26-2/h15-22H,3-14H2,1-2H3. The van der Waals surface area contributed by atoms with Crippen LogP contribution in [-0.2, 0) is 4.74 Å². The van der Waals surface area contributed by atoms with E-state index in [1.54, 1.807) is 0 Å². The summed E-state index contributed by atoms with van der Waals surface area (Å²) in [5.74, 6) is 4.60. The van der Waals surface area contributed by atoms with Gasteiger partial charge < -0.3 is 4.74 Å². The molecule has 26 heavy (non-hydrogen) atoms. The molecule has 4 aliphatic rings. The number of hydrogen-bond acceptors (Lipinski definition) is 1. The zero-order chi connectivity index (χ0) is 18.3. The molecule has 0 aromatic heterocycles. The quantitative estimate of drug-likeness (QED) is 0.499. The van der Waals surface area contributed by atoms with Gasteiger partial charge in [0.25, 0.3) is 0 Å². The highest BCUT2D eigenvalue weighted by Crippen LogP contribution is 2.65. The Kier molecular flexibility index (Phi) is 5.66. The number of hydrogen-bond donors (Lipinski definition) is 0. The molecule has 4 fully saturated rings. The van der Waals surface area contributed by atoms with Gasteiger partial charge >= 0.3 is 0 Å². The summed E-state index contributed by atoms with van der Waals surface area (Å²) in [6, 6.07) is 0. The molecule has 8 unspecified atom stereocenters. The van der Waals surface area contributed by atoms with Crippen molar-refractivity contribution in [3.63, 3.8) is 0 Å². The molecule has 150 valence electrons. The fourth-order valence-electron chi connectivity index (χ4n) is 8.18. The van der Waals surface area contributed by atoms with Gasteiger partial charge in [-0.15, -0.1) is 0 Å². The molecule has 3 heteroatoms. The first-order valence-electron chi connectivity index (χ1n) is 11.3. The SMILES string of the molecule is COCCCC1CCC2C3CCC4CC(C(F)F)CCC4C3CCC12C. The maximum Gasteiger partial charge on any atom is 0.241 e. The van der Waals surface area contributed by atoms with Gasteiger partial charge in [-0.25, -0.2) is 8.78 Å². The first kappa shape index (κ1) is 19.2. The van der Waals surface area contributed by atoms with Crippen molar-refractivity contribution >= 4 is 0 Å². The van der Waals surface area contributed by atoms with Crippen molar-refractivity contribution in [2.24, 2.45) is 46.8 Å². The Hall–Kier alpha value is -0.180. The van der Waals surface area contributed by atoms with E-state index in [0.717, 1.165) is 55.5 Å². The van der Waals surface area contributed by atoms with E-state index in [9.17, 15) is 8.78 Å². The van der Waals surface area contributed by atoms with Crippen LogP contribution >= 0.6 is 0 Å². The average molecular weight is 369 g/mol. The lowest BCUT2D eigenvalue weighted by molar-refractivity contribution is -0.0809. The molecule has 4 aliphatic carbocycles. The van der Waals surface area contributed by atoms with E-state index in [1.165, 1.54) is 51.4 Å². The Morgan fingerprint density at radius 2 is 1.77 bits per heavy atom. The minimum atomic E-state index is -2.09. The molecule has 0 bridgehead atoms. The fourth-order valence-corrected chi connectivity index (χ4v) is 8.18. The van der Waals surface area contributed by atoms with Crippen molar-refractivity contribution in [1.82, 2.24) is 0 Å². The van der Waals surface area contributed by atoms with Gasteiger partial charge in [-0.2, -0.15) is 0 Å². The Morgan fingerprint density at radius 3 is 2.54 bits per heavy atom. The second kappa shape index (κ2) is 7.68. The summed E-state index contributed by atoms with van der Waals surface area (Å²) in [6.07, 6.45) is 11.3. The number of rotatable bonds is 5. The number of methoxy groups -OCH3 is 1. The van der Waals surface area contributed by atoms with Crippen molar-refractivity contribution in [3.05, 3.63) is 0 Å². The topological polar surface area (TPSA) is 9.23 Å². The third-order valence-electron chi connectivity index (χ3n) is 9.45. The number of halogens is 2. The second-order valence-corrected chi connectivity index (χ2v) is 10.3. The van der Waals surface area contributed by atoms with E-state index in [-0.39, 0.29) is 5.92 Å². The summed E-state index contributed by atoms with van der Waals surface area (Å²) in [6.45, 7) is 3.50. The third kappa shape index (κ3) is 3.25. The van der Waals surface area contributed by atoms with Crippen molar-refractivity contribution in [2.75, 3.05) is 13.7 Å². The predicted molar refractivity (Wildman–Crippen MR) is 101 cm³/mol. The molecule has 4 saturated carbocycles. The largest absolute Gasteiger partial charge is 0.385 e. The molecule has 0 radical (unpaired) electrons. The smallest absolute Gasteiger partial charge is 0.241 e. The van der Waals surface area contributed by atoms with Gasteiger partial charge in [-0.1, -0.05) is 6.92 Å². The van der Waals surface area contributed by atoms with Crippen LogP contribution in [0.2, 0.25) is 0 Å². The Morgan fingerprint density at radius 1 is 0.962 bits per heavy atom. The Balaban J connectivity index is 1.43. The summed E-state index contributed by atoms with van der Waals surface area (Å²) in [7, 11) is 1.81. The molecule has 8 atom stereocenters. The first-order valence-corrected chi connectivity index (χ1v) is 11.3. The molecule has 0 N–H and O–H groups in total. The van der Waals surface area contributed by atoms with Gasteiger partial charge in [0.1, 0.15) is 0 Å². The van der Waals surface area contributed by atoms with Crippen LogP contribution in [-0.4, -0.2) is 20.1 Å². The highest BCUT2D eigenvalue weighted by Gasteiger charge is 2.56. The van der Waals surface area contributed by atoms with Crippen LogP contribution in [0.3, 0.4) is 0 Å². The molecule has 0 aromatic rings. The molecule has 0 spiro atoms. The van der Waals surface area contributed by atoms with E-state index >= 15 is 0 Å². The van der Waals surface area contributed by atoms with Crippen LogP contribution in [0.5, 0.6) is 0 Å². The van der Waals surface area contributed by atoms with Gasteiger partial charge in [-0.05, 0) is 112 Å². The first-order chi connectivity index (χ1) is 12.5. The van der Waals surface area contributed by atoms with Crippen molar-refractivity contribution in [3.8, 4) is 0 Å². The molecule has 1 nitrogen and oxygen atoms in total. The Bertz CT molecular complexity index is 481. The van der Waals surface area contributed by atoms with Gasteiger partial charge in [-0.3, -0.25) is 0 Å². The van der Waals surface area contributed by atoms with Crippen LogP contribution in [0.15, 0.2) is 0 Å². The van der Waals surface area contributed by atoms with E-state index in [0.29, 0.717) is 11.3 Å². The molecule has 0 aromatic carbocycles. The van der Waals surface area contributed by atoms with E-state index in [1.807, 2.05) is 7.11 Å². The van der Waals surface area contributed by atoms with E-state index in [4.69, 9.17) is 4.74 Å². The summed E-state index contributed by atoms with van der Waals surface area (Å²) < 4.78 is 31.7. The molecule has 0 amide bonds. The summed E-state index contributed by atoms with van der Waals surface area (Å²) in [4.78, 5) is 0. The lowest BCUT2D eigenvalue weighted by atomic mass is 9.49. The number of alkyl halides is 2. The number of ether oxygens (including phenoxy) is 1. The lowest BCUT2D eigenvalue weighted by Crippen LogP contribution is -2.48. The van der Waals surface area contributed by atoms with Gasteiger partial charge in [0, 0.05) is 19.6 Å². The lowest BCUT2D eigenvalue weighted by Gasteiger charge is -2.56. The Labute approximate surface area is 158 Å². The monoisotopic (exact) mass is 368 g/mol. The van der Waals surface area contributed by atoms with E-state index in [2.05, 4.69) is 6.92 Å². The minimum absolute atomic E-state index is 0.307. The van der Waals surface area contributed by atoms with Crippen molar-refractivity contribution in [1.29, 1.82) is 0 Å². The fraction of sp³-hybridized carbons (Fsp3) is 1.00. The molecule has 0 saturated heterocycles. The zero-order valence-corrected chi connectivity index (χ0v) is 16.8. The minimum Gasteiger partial charge on any atom is -0.385 e. The molecule has 0 aliphatic heterocycles. The average Bonchev–Trinajstić information content (AvgIpc) is 2.98. The van der Waals surface area contributed by atoms with Crippen LogP contribution < -0.4 is 0 Å². The highest BCUT2D eigenvalue weighted by molar-refractivity contribution is 5.06. The molecule has 0 heterocycles. The summed E-state index contributed by atoms with van der Waals surface area (Å²) in [5.41, 5.74) is 0.544. The second-order valence-electron chi connectivity index (χ2n) is 10.3. The van der Waals surface area contributed by atoms with E-state index < -0.39 is 6.43 Å². The molecular weight excluding hydrogens is 330 g/mol. The summed E-state index contributed by atoms with van der Waals surface area (Å²) in [5, 5.41) is 0. The summed E-state index contributed by atoms with van der Waals surface area (Å²) >= 11 is 0. The highest BCUT2D eigenvalue weighted by atomic mass is 19.3.